The highest BCUT2D eigenvalue weighted by molar-refractivity contribution is 7.09. The van der Waals surface area contributed by atoms with Crippen LogP contribution in [0, 0.1) is 17.7 Å². The van der Waals surface area contributed by atoms with Crippen molar-refractivity contribution in [2.75, 3.05) is 6.61 Å². The molecule has 2 nitrogen and oxygen atoms in total. The van der Waals surface area contributed by atoms with Crippen LogP contribution in [-0.2, 0) is 18.0 Å². The first-order valence-electron chi connectivity index (χ1n) is 5.78. The van der Waals surface area contributed by atoms with E-state index >= 15 is 0 Å². The first-order chi connectivity index (χ1) is 9.29. The lowest BCUT2D eigenvalue weighted by Crippen LogP contribution is -1.94. The predicted octanol–water partition coefficient (Wildman–Crippen LogP) is 2.95. The van der Waals surface area contributed by atoms with Crippen molar-refractivity contribution in [1.29, 1.82) is 0 Å². The molecule has 1 N–H and O–H groups in total. The molecule has 0 bridgehead atoms. The SMILES string of the molecule is OCC#Cc1cc(COCc2cccs2)ccc1F. The molecule has 0 saturated carbocycles. The van der Waals surface area contributed by atoms with Gasteiger partial charge >= 0.3 is 0 Å². The third kappa shape index (κ3) is 4.18. The van der Waals surface area contributed by atoms with Crippen molar-refractivity contribution in [1.82, 2.24) is 0 Å². The van der Waals surface area contributed by atoms with Crippen molar-refractivity contribution < 1.29 is 14.2 Å². The summed E-state index contributed by atoms with van der Waals surface area (Å²) in [7, 11) is 0. The van der Waals surface area contributed by atoms with Gasteiger partial charge in [0.1, 0.15) is 12.4 Å². The van der Waals surface area contributed by atoms with Gasteiger partial charge in [0.2, 0.25) is 0 Å². The molecule has 1 aromatic heterocycles. The van der Waals surface area contributed by atoms with Crippen LogP contribution >= 0.6 is 11.3 Å². The minimum atomic E-state index is -0.386. The molecule has 98 valence electrons. The highest BCUT2D eigenvalue weighted by atomic mass is 32.1. The minimum Gasteiger partial charge on any atom is -0.384 e. The van der Waals surface area contributed by atoms with Crippen molar-refractivity contribution in [3.8, 4) is 11.8 Å². The standard InChI is InChI=1S/C15H13FO2S/c16-15-6-5-12(9-13(15)3-1-7-17)10-18-11-14-4-2-8-19-14/h2,4-6,8-9,17H,7,10-11H2. The van der Waals surface area contributed by atoms with E-state index in [4.69, 9.17) is 9.84 Å². The molecule has 0 saturated heterocycles. The highest BCUT2D eigenvalue weighted by Crippen LogP contribution is 2.13. The molecule has 0 fully saturated rings. The second kappa shape index (κ2) is 7.05. The monoisotopic (exact) mass is 276 g/mol. The van der Waals surface area contributed by atoms with Gasteiger partial charge in [-0.2, -0.15) is 0 Å². The Morgan fingerprint density at radius 1 is 1.26 bits per heavy atom. The van der Waals surface area contributed by atoms with Gasteiger partial charge in [-0.3, -0.25) is 0 Å². The number of ether oxygens (including phenoxy) is 1. The first kappa shape index (κ1) is 13.8. The Morgan fingerprint density at radius 2 is 2.16 bits per heavy atom. The van der Waals surface area contributed by atoms with Gasteiger partial charge in [0.05, 0.1) is 18.8 Å². The number of halogens is 1. The Balaban J connectivity index is 1.96. The lowest BCUT2D eigenvalue weighted by molar-refractivity contribution is 0.109. The number of hydrogen-bond acceptors (Lipinski definition) is 3. The molecule has 0 aliphatic heterocycles. The third-order valence-corrected chi connectivity index (χ3v) is 3.28. The quantitative estimate of drug-likeness (QED) is 0.870. The molecular weight excluding hydrogens is 263 g/mol. The smallest absolute Gasteiger partial charge is 0.138 e. The fourth-order valence-corrected chi connectivity index (χ4v) is 2.20. The van der Waals surface area contributed by atoms with Crippen molar-refractivity contribution in [2.24, 2.45) is 0 Å². The van der Waals surface area contributed by atoms with Gasteiger partial charge in [-0.1, -0.05) is 24.0 Å². The summed E-state index contributed by atoms with van der Waals surface area (Å²) in [6, 6.07) is 8.67. The molecule has 0 spiro atoms. The second-order valence-electron chi connectivity index (χ2n) is 3.85. The Bertz CT molecular complexity index is 582. The summed E-state index contributed by atoms with van der Waals surface area (Å²) in [5.74, 6) is 4.63. The van der Waals surface area contributed by atoms with E-state index in [1.54, 1.807) is 23.5 Å². The van der Waals surface area contributed by atoms with Gasteiger partial charge in [0.25, 0.3) is 0 Å². The lowest BCUT2D eigenvalue weighted by atomic mass is 10.1. The van der Waals surface area contributed by atoms with E-state index in [9.17, 15) is 4.39 Å². The van der Waals surface area contributed by atoms with Crippen molar-refractivity contribution in [3.05, 3.63) is 57.5 Å². The fourth-order valence-electron chi connectivity index (χ4n) is 1.56. The van der Waals surface area contributed by atoms with Gasteiger partial charge < -0.3 is 9.84 Å². The average Bonchev–Trinajstić information content (AvgIpc) is 2.92. The van der Waals surface area contributed by atoms with Crippen molar-refractivity contribution in [3.63, 3.8) is 0 Å². The number of thiophene rings is 1. The van der Waals surface area contributed by atoms with Gasteiger partial charge in [0, 0.05) is 4.88 Å². The topological polar surface area (TPSA) is 29.5 Å². The molecule has 0 atom stereocenters. The Morgan fingerprint density at radius 3 is 2.89 bits per heavy atom. The van der Waals surface area contributed by atoms with E-state index in [2.05, 4.69) is 11.8 Å². The van der Waals surface area contributed by atoms with Crippen LogP contribution in [-0.4, -0.2) is 11.7 Å². The number of aliphatic hydroxyl groups excluding tert-OH is 1. The number of aliphatic hydroxyl groups is 1. The normalized spacial score (nSPS) is 10.0. The average molecular weight is 276 g/mol. The summed E-state index contributed by atoms with van der Waals surface area (Å²) in [4.78, 5) is 1.16. The van der Waals surface area contributed by atoms with Crippen LogP contribution < -0.4 is 0 Å². The van der Waals surface area contributed by atoms with Crippen LogP contribution in [0.1, 0.15) is 16.0 Å². The van der Waals surface area contributed by atoms with E-state index in [0.29, 0.717) is 13.2 Å². The number of benzene rings is 1. The van der Waals surface area contributed by atoms with E-state index in [0.717, 1.165) is 10.4 Å². The van der Waals surface area contributed by atoms with Gasteiger partial charge in [-0.15, -0.1) is 11.3 Å². The maximum absolute atomic E-state index is 13.4. The summed E-state index contributed by atoms with van der Waals surface area (Å²) >= 11 is 1.64. The Kier molecular flexibility index (Phi) is 5.10. The van der Waals surface area contributed by atoms with E-state index in [-0.39, 0.29) is 18.0 Å². The van der Waals surface area contributed by atoms with Crippen LogP contribution in [0.5, 0.6) is 0 Å². The summed E-state index contributed by atoms with van der Waals surface area (Å²) in [5.41, 5.74) is 1.14. The first-order valence-corrected chi connectivity index (χ1v) is 6.66. The van der Waals surface area contributed by atoms with Crippen LogP contribution in [0.4, 0.5) is 4.39 Å². The highest BCUT2D eigenvalue weighted by Gasteiger charge is 2.02. The maximum atomic E-state index is 13.4. The van der Waals surface area contributed by atoms with Crippen LogP contribution in [0.15, 0.2) is 35.7 Å². The number of rotatable bonds is 4. The van der Waals surface area contributed by atoms with E-state index < -0.39 is 0 Å². The van der Waals surface area contributed by atoms with Crippen LogP contribution in [0.25, 0.3) is 0 Å². The van der Waals surface area contributed by atoms with Crippen molar-refractivity contribution >= 4 is 11.3 Å². The zero-order chi connectivity index (χ0) is 13.5. The molecule has 0 unspecified atom stereocenters. The van der Waals surface area contributed by atoms with E-state index in [1.807, 2.05) is 17.5 Å². The summed E-state index contributed by atoms with van der Waals surface area (Å²) in [6.45, 7) is 0.678. The molecule has 0 radical (unpaired) electrons. The molecule has 1 aromatic carbocycles. The van der Waals surface area contributed by atoms with Crippen molar-refractivity contribution in [2.45, 2.75) is 13.2 Å². The molecule has 0 aliphatic carbocycles. The fraction of sp³-hybridized carbons (Fsp3) is 0.200. The molecule has 2 aromatic rings. The zero-order valence-corrected chi connectivity index (χ0v) is 11.0. The largest absolute Gasteiger partial charge is 0.384 e. The molecule has 2 rings (SSSR count). The van der Waals surface area contributed by atoms with E-state index in [1.165, 1.54) is 6.07 Å². The molecule has 4 heteroatoms. The van der Waals surface area contributed by atoms with Gasteiger partial charge in [-0.05, 0) is 29.1 Å². The third-order valence-electron chi connectivity index (χ3n) is 2.43. The predicted molar refractivity (Wildman–Crippen MR) is 73.2 cm³/mol. The summed E-state index contributed by atoms with van der Waals surface area (Å²) in [6.07, 6.45) is 0. The van der Waals surface area contributed by atoms with Gasteiger partial charge in [-0.25, -0.2) is 4.39 Å². The summed E-state index contributed by atoms with van der Waals surface area (Å²) < 4.78 is 19.0. The van der Waals surface area contributed by atoms with Crippen LogP contribution in [0.3, 0.4) is 0 Å². The molecule has 1 heterocycles. The molecule has 0 amide bonds. The Labute approximate surface area is 115 Å². The minimum absolute atomic E-state index is 0.279. The van der Waals surface area contributed by atoms with Crippen LogP contribution in [0.2, 0.25) is 0 Å². The van der Waals surface area contributed by atoms with Gasteiger partial charge in [0.15, 0.2) is 0 Å². The maximum Gasteiger partial charge on any atom is 0.138 e. The summed E-state index contributed by atoms with van der Waals surface area (Å²) in [5, 5.41) is 10.6. The molecule has 0 aliphatic rings. The second-order valence-corrected chi connectivity index (χ2v) is 4.88. The molecular formula is C15H13FO2S. The molecule has 19 heavy (non-hydrogen) atoms. The lowest BCUT2D eigenvalue weighted by Gasteiger charge is -2.04. The Hall–Kier alpha value is -1.67. The zero-order valence-electron chi connectivity index (χ0n) is 10.2. The number of hydrogen-bond donors (Lipinski definition) is 1.